The van der Waals surface area contributed by atoms with Gasteiger partial charge in [-0.15, -0.1) is 0 Å². The van der Waals surface area contributed by atoms with Crippen LogP contribution in [0.15, 0.2) is 71.4 Å². The van der Waals surface area contributed by atoms with Crippen molar-refractivity contribution in [1.29, 1.82) is 0 Å². The minimum absolute atomic E-state index is 0.380. The molecule has 192 valence electrons. The number of hydrogen-bond donors (Lipinski definition) is 3. The van der Waals surface area contributed by atoms with Crippen LogP contribution in [0.1, 0.15) is 42.6 Å². The van der Waals surface area contributed by atoms with E-state index in [1.807, 2.05) is 48.5 Å². The van der Waals surface area contributed by atoms with E-state index in [1.54, 1.807) is 19.1 Å². The highest BCUT2D eigenvalue weighted by Crippen LogP contribution is 2.50. The lowest BCUT2D eigenvalue weighted by molar-refractivity contribution is -0.140. The number of aliphatic carboxylic acids is 1. The molecule has 2 heterocycles. The highest BCUT2D eigenvalue weighted by molar-refractivity contribution is 6.31. The summed E-state index contributed by atoms with van der Waals surface area (Å²) in [6.07, 6.45) is 1.57. The van der Waals surface area contributed by atoms with Crippen molar-refractivity contribution < 1.29 is 24.0 Å². The van der Waals surface area contributed by atoms with Crippen LogP contribution in [-0.2, 0) is 21.5 Å². The SMILES string of the molecule is CC(OC(=O)Nc1cnoc1-c1ccc2c(c1)NCc1cc(C3(C(=O)O)CC3)ccc1-2)c1ccccc1Cl. The van der Waals surface area contributed by atoms with Gasteiger partial charge in [-0.2, -0.15) is 0 Å². The van der Waals surface area contributed by atoms with Gasteiger partial charge in [-0.3, -0.25) is 10.1 Å². The van der Waals surface area contributed by atoms with Crippen molar-refractivity contribution in [2.75, 3.05) is 10.6 Å². The van der Waals surface area contributed by atoms with Gasteiger partial charge >= 0.3 is 12.1 Å². The summed E-state index contributed by atoms with van der Waals surface area (Å²) in [5.74, 6) is -0.361. The standard InChI is InChI=1S/C29H24ClN3O5/c1-16(20-4-2-3-5-23(20)30)37-28(36)33-25-15-32-38-26(25)17-6-8-22-21-9-7-19(29(10-11-29)27(34)35)12-18(21)14-31-24(22)13-17/h2-9,12-13,15-16,31H,10-11,14H2,1H3,(H,33,36)(H,34,35). The molecule has 1 fully saturated rings. The Kier molecular flexibility index (Phi) is 5.84. The zero-order valence-corrected chi connectivity index (χ0v) is 21.2. The molecule has 1 atom stereocenters. The molecule has 6 rings (SSSR count). The Morgan fingerprint density at radius 1 is 1.13 bits per heavy atom. The number of amides is 1. The van der Waals surface area contributed by atoms with Crippen molar-refractivity contribution in [2.45, 2.75) is 37.8 Å². The van der Waals surface area contributed by atoms with Crippen molar-refractivity contribution in [2.24, 2.45) is 0 Å². The molecule has 1 unspecified atom stereocenters. The van der Waals surface area contributed by atoms with Gasteiger partial charge in [0.15, 0.2) is 5.76 Å². The number of nitrogens with one attached hydrogen (secondary N) is 2. The Labute approximate surface area is 223 Å². The second kappa shape index (κ2) is 9.22. The largest absolute Gasteiger partial charge is 0.481 e. The molecule has 8 nitrogen and oxygen atoms in total. The number of halogens is 1. The zero-order chi connectivity index (χ0) is 26.4. The monoisotopic (exact) mass is 529 g/mol. The van der Waals surface area contributed by atoms with Gasteiger partial charge in [-0.1, -0.05) is 65.3 Å². The number of ether oxygens (including phenoxy) is 1. The first-order chi connectivity index (χ1) is 18.4. The molecular formula is C29H24ClN3O5. The lowest BCUT2D eigenvalue weighted by Gasteiger charge is -2.24. The molecule has 1 aliphatic carbocycles. The summed E-state index contributed by atoms with van der Waals surface area (Å²) in [4.78, 5) is 24.4. The molecule has 1 aromatic heterocycles. The normalized spacial score (nSPS) is 15.4. The van der Waals surface area contributed by atoms with Gasteiger partial charge < -0.3 is 19.7 Å². The third-order valence-electron chi connectivity index (χ3n) is 7.29. The average molecular weight is 530 g/mol. The summed E-state index contributed by atoms with van der Waals surface area (Å²) in [6, 6.07) is 18.9. The van der Waals surface area contributed by atoms with Crippen LogP contribution in [-0.4, -0.2) is 22.3 Å². The Balaban J connectivity index is 1.21. The number of fused-ring (bicyclic) bond motifs is 3. The first-order valence-corrected chi connectivity index (χ1v) is 12.7. The number of nitrogens with zero attached hydrogens (tertiary/aromatic N) is 1. The van der Waals surface area contributed by atoms with E-state index in [1.165, 1.54) is 6.20 Å². The van der Waals surface area contributed by atoms with E-state index in [0.29, 0.717) is 41.4 Å². The van der Waals surface area contributed by atoms with Gasteiger partial charge in [0.2, 0.25) is 0 Å². The number of carboxylic acids is 1. The maximum atomic E-state index is 12.6. The molecule has 0 radical (unpaired) electrons. The smallest absolute Gasteiger partial charge is 0.412 e. The van der Waals surface area contributed by atoms with E-state index in [2.05, 4.69) is 15.8 Å². The van der Waals surface area contributed by atoms with E-state index < -0.39 is 23.6 Å². The van der Waals surface area contributed by atoms with Crippen LogP contribution < -0.4 is 10.6 Å². The molecule has 3 N–H and O–H groups in total. The van der Waals surface area contributed by atoms with Crippen LogP contribution in [0.25, 0.3) is 22.5 Å². The summed E-state index contributed by atoms with van der Waals surface area (Å²) < 4.78 is 11.0. The Morgan fingerprint density at radius 3 is 2.68 bits per heavy atom. The fraction of sp³-hybridized carbons (Fsp3) is 0.207. The van der Waals surface area contributed by atoms with E-state index in [-0.39, 0.29) is 0 Å². The van der Waals surface area contributed by atoms with Gasteiger partial charge in [0.05, 0.1) is 11.6 Å². The molecule has 0 saturated heterocycles. The fourth-order valence-corrected chi connectivity index (χ4v) is 5.30. The third-order valence-corrected chi connectivity index (χ3v) is 7.64. The van der Waals surface area contributed by atoms with E-state index in [9.17, 15) is 14.7 Å². The number of aromatic nitrogens is 1. The third kappa shape index (κ3) is 4.16. The molecule has 0 bridgehead atoms. The van der Waals surface area contributed by atoms with Gasteiger partial charge in [-0.05, 0) is 48.6 Å². The number of carboxylic acid groups (broad SMARTS) is 1. The number of carbonyl (C=O) groups excluding carboxylic acids is 1. The Bertz CT molecular complexity index is 1580. The quantitative estimate of drug-likeness (QED) is 0.246. The van der Waals surface area contributed by atoms with Crippen molar-refractivity contribution in [3.05, 3.63) is 88.6 Å². The average Bonchev–Trinajstić information content (AvgIpc) is 3.61. The number of benzene rings is 3. The summed E-state index contributed by atoms with van der Waals surface area (Å²) in [5.41, 5.74) is 5.97. The Hall–Kier alpha value is -4.30. The topological polar surface area (TPSA) is 114 Å². The van der Waals surface area contributed by atoms with Crippen LogP contribution in [0, 0.1) is 0 Å². The number of anilines is 2. The molecule has 3 aromatic carbocycles. The van der Waals surface area contributed by atoms with Crippen molar-refractivity contribution in [1.82, 2.24) is 5.16 Å². The van der Waals surface area contributed by atoms with Crippen LogP contribution >= 0.6 is 11.6 Å². The summed E-state index contributed by atoms with van der Waals surface area (Å²) >= 11 is 6.22. The first kappa shape index (κ1) is 24.1. The molecule has 4 aromatic rings. The van der Waals surface area contributed by atoms with Crippen LogP contribution in [0.4, 0.5) is 16.2 Å². The van der Waals surface area contributed by atoms with Crippen LogP contribution in [0.2, 0.25) is 5.02 Å². The second-order valence-corrected chi connectivity index (χ2v) is 10.0. The molecule has 1 aliphatic heterocycles. The molecule has 0 spiro atoms. The van der Waals surface area contributed by atoms with Gasteiger partial charge in [0.25, 0.3) is 0 Å². The van der Waals surface area contributed by atoms with Crippen LogP contribution in [0.5, 0.6) is 0 Å². The van der Waals surface area contributed by atoms with Crippen molar-refractivity contribution in [3.8, 4) is 22.5 Å². The molecule has 1 amide bonds. The highest BCUT2D eigenvalue weighted by atomic mass is 35.5. The van der Waals surface area contributed by atoms with Gasteiger partial charge in [0.1, 0.15) is 11.8 Å². The van der Waals surface area contributed by atoms with Gasteiger partial charge in [0, 0.05) is 33.9 Å². The van der Waals surface area contributed by atoms with Crippen molar-refractivity contribution >= 4 is 35.0 Å². The summed E-state index contributed by atoms with van der Waals surface area (Å²) in [7, 11) is 0. The van der Waals surface area contributed by atoms with E-state index >= 15 is 0 Å². The van der Waals surface area contributed by atoms with Crippen molar-refractivity contribution in [3.63, 3.8) is 0 Å². The zero-order valence-electron chi connectivity index (χ0n) is 20.5. The number of rotatable bonds is 6. The molecule has 38 heavy (non-hydrogen) atoms. The fourth-order valence-electron chi connectivity index (χ4n) is 5.01. The number of carbonyl (C=O) groups is 2. The predicted molar refractivity (Wildman–Crippen MR) is 143 cm³/mol. The Morgan fingerprint density at radius 2 is 1.92 bits per heavy atom. The molecule has 1 saturated carbocycles. The second-order valence-electron chi connectivity index (χ2n) is 9.64. The molecular weight excluding hydrogens is 506 g/mol. The minimum atomic E-state index is -0.759. The highest BCUT2D eigenvalue weighted by Gasteiger charge is 2.51. The minimum Gasteiger partial charge on any atom is -0.481 e. The summed E-state index contributed by atoms with van der Waals surface area (Å²) in [5, 5.41) is 20.2. The maximum absolute atomic E-state index is 12.6. The first-order valence-electron chi connectivity index (χ1n) is 12.3. The lowest BCUT2D eigenvalue weighted by atomic mass is 9.87. The summed E-state index contributed by atoms with van der Waals surface area (Å²) in [6.45, 7) is 2.32. The number of hydrogen-bond acceptors (Lipinski definition) is 6. The van der Waals surface area contributed by atoms with E-state index in [0.717, 1.165) is 33.5 Å². The van der Waals surface area contributed by atoms with E-state index in [4.69, 9.17) is 20.9 Å². The molecule has 2 aliphatic rings. The van der Waals surface area contributed by atoms with Crippen LogP contribution in [0.3, 0.4) is 0 Å². The predicted octanol–water partition coefficient (Wildman–Crippen LogP) is 7.01. The maximum Gasteiger partial charge on any atom is 0.412 e. The lowest BCUT2D eigenvalue weighted by Crippen LogP contribution is -2.20. The van der Waals surface area contributed by atoms with Gasteiger partial charge in [-0.25, -0.2) is 4.79 Å². The molecule has 9 heteroatoms.